The van der Waals surface area contributed by atoms with Crippen LogP contribution in [0.15, 0.2) is 29.3 Å². The molecule has 152 valence electrons. The van der Waals surface area contributed by atoms with Gasteiger partial charge in [0.15, 0.2) is 5.96 Å². The topological polar surface area (TPSA) is 77.0 Å². The number of guanidine groups is 1. The highest BCUT2D eigenvalue weighted by atomic mass is 16.2. The minimum Gasteiger partial charge on any atom is -0.357 e. The Labute approximate surface area is 167 Å². The van der Waals surface area contributed by atoms with Crippen molar-refractivity contribution in [1.82, 2.24) is 20.4 Å². The molecule has 2 saturated heterocycles. The molecule has 2 amide bonds. The minimum absolute atomic E-state index is 0.202. The zero-order valence-electron chi connectivity index (χ0n) is 16.9. The van der Waals surface area contributed by atoms with Gasteiger partial charge in [0.05, 0.1) is 6.54 Å². The van der Waals surface area contributed by atoms with Crippen molar-refractivity contribution in [2.24, 2.45) is 4.99 Å². The van der Waals surface area contributed by atoms with Crippen LogP contribution in [0.4, 0.5) is 0 Å². The van der Waals surface area contributed by atoms with E-state index in [-0.39, 0.29) is 17.9 Å². The normalized spacial score (nSPS) is 20.6. The summed E-state index contributed by atoms with van der Waals surface area (Å²) in [6.45, 7) is 5.62. The summed E-state index contributed by atoms with van der Waals surface area (Å²) in [6.07, 6.45) is 3.03. The molecular weight excluding hydrogens is 354 g/mol. The van der Waals surface area contributed by atoms with E-state index in [0.717, 1.165) is 43.0 Å². The fourth-order valence-electron chi connectivity index (χ4n) is 3.73. The first kappa shape index (κ1) is 20.2. The molecular formula is C21H31N5O2. The first-order chi connectivity index (χ1) is 13.5. The zero-order valence-corrected chi connectivity index (χ0v) is 16.9. The second-order valence-electron chi connectivity index (χ2n) is 7.59. The number of nitrogens with one attached hydrogen (secondary N) is 2. The molecule has 1 aromatic rings. The van der Waals surface area contributed by atoms with E-state index in [0.29, 0.717) is 32.5 Å². The van der Waals surface area contributed by atoms with Crippen LogP contribution in [0.2, 0.25) is 0 Å². The number of carbonyl (C=O) groups excluding carboxylic acids is 2. The number of hydrogen-bond acceptors (Lipinski definition) is 3. The number of aliphatic imine (C=N–C) groups is 1. The first-order valence-corrected chi connectivity index (χ1v) is 10.2. The number of benzene rings is 1. The van der Waals surface area contributed by atoms with Gasteiger partial charge in [-0.3, -0.25) is 9.59 Å². The van der Waals surface area contributed by atoms with E-state index < -0.39 is 0 Å². The standard InChI is InChI=1S/C21H31N5O2/c1-3-22-21(24-18-9-10-19(27)25(2)15-18)23-13-16-6-4-7-17(12-16)14-26-11-5-8-20(26)28/h4,6-7,12,18H,3,5,8-11,13-15H2,1-2H3,(H2,22,23,24). The molecule has 7 heteroatoms. The predicted molar refractivity (Wildman–Crippen MR) is 110 cm³/mol. The van der Waals surface area contributed by atoms with Gasteiger partial charge in [-0.1, -0.05) is 24.3 Å². The molecule has 0 bridgehead atoms. The Morgan fingerprint density at radius 2 is 2.04 bits per heavy atom. The number of piperidine rings is 1. The summed E-state index contributed by atoms with van der Waals surface area (Å²) < 4.78 is 0. The van der Waals surface area contributed by atoms with Gasteiger partial charge in [0.1, 0.15) is 0 Å². The first-order valence-electron chi connectivity index (χ1n) is 10.2. The molecule has 2 N–H and O–H groups in total. The Kier molecular flexibility index (Phi) is 6.90. The number of likely N-dealkylation sites (tertiary alicyclic amines) is 2. The SMILES string of the molecule is CCNC(=NCc1cccc(CN2CCCC2=O)c1)NC1CCC(=O)N(C)C1. The monoisotopic (exact) mass is 385 g/mol. The van der Waals surface area contributed by atoms with Crippen LogP contribution in [0.3, 0.4) is 0 Å². The van der Waals surface area contributed by atoms with Gasteiger partial charge < -0.3 is 20.4 Å². The maximum atomic E-state index is 11.8. The number of likely N-dealkylation sites (N-methyl/N-ethyl adjacent to an activating group) is 1. The van der Waals surface area contributed by atoms with Gasteiger partial charge >= 0.3 is 0 Å². The fourth-order valence-corrected chi connectivity index (χ4v) is 3.73. The second-order valence-corrected chi connectivity index (χ2v) is 7.59. The largest absolute Gasteiger partial charge is 0.357 e. The second kappa shape index (κ2) is 9.57. The smallest absolute Gasteiger partial charge is 0.222 e. The highest BCUT2D eigenvalue weighted by Crippen LogP contribution is 2.15. The van der Waals surface area contributed by atoms with Crippen molar-refractivity contribution in [3.8, 4) is 0 Å². The van der Waals surface area contributed by atoms with Crippen molar-refractivity contribution in [1.29, 1.82) is 0 Å². The fraction of sp³-hybridized carbons (Fsp3) is 0.571. The lowest BCUT2D eigenvalue weighted by Crippen LogP contribution is -2.51. The molecule has 2 aliphatic heterocycles. The third kappa shape index (κ3) is 5.47. The van der Waals surface area contributed by atoms with E-state index in [2.05, 4.69) is 28.8 Å². The molecule has 0 radical (unpaired) electrons. The number of nitrogens with zero attached hydrogens (tertiary/aromatic N) is 3. The molecule has 2 fully saturated rings. The summed E-state index contributed by atoms with van der Waals surface area (Å²) in [5.74, 6) is 1.22. The Morgan fingerprint density at radius 1 is 1.21 bits per heavy atom. The summed E-state index contributed by atoms with van der Waals surface area (Å²) in [5, 5.41) is 6.74. The third-order valence-electron chi connectivity index (χ3n) is 5.27. The maximum Gasteiger partial charge on any atom is 0.222 e. The minimum atomic E-state index is 0.202. The van der Waals surface area contributed by atoms with E-state index >= 15 is 0 Å². The number of amides is 2. The molecule has 2 aliphatic rings. The summed E-state index contributed by atoms with van der Waals surface area (Å²) in [5.41, 5.74) is 2.27. The lowest BCUT2D eigenvalue weighted by Gasteiger charge is -2.31. The summed E-state index contributed by atoms with van der Waals surface area (Å²) in [6, 6.07) is 8.51. The third-order valence-corrected chi connectivity index (χ3v) is 5.27. The molecule has 1 unspecified atom stereocenters. The lowest BCUT2D eigenvalue weighted by molar-refractivity contribution is -0.132. The van der Waals surface area contributed by atoms with Gasteiger partial charge in [-0.25, -0.2) is 4.99 Å². The molecule has 1 atom stereocenters. The van der Waals surface area contributed by atoms with Gasteiger partial charge in [-0.15, -0.1) is 0 Å². The molecule has 3 rings (SSSR count). The van der Waals surface area contributed by atoms with Crippen LogP contribution in [0.5, 0.6) is 0 Å². The summed E-state index contributed by atoms with van der Waals surface area (Å²) in [4.78, 5) is 31.9. The molecule has 0 aromatic heterocycles. The quantitative estimate of drug-likeness (QED) is 0.575. The predicted octanol–water partition coefficient (Wildman–Crippen LogP) is 1.48. The Balaban J connectivity index is 1.60. The molecule has 1 aromatic carbocycles. The van der Waals surface area contributed by atoms with E-state index in [1.54, 1.807) is 4.90 Å². The van der Waals surface area contributed by atoms with Crippen LogP contribution in [0.25, 0.3) is 0 Å². The van der Waals surface area contributed by atoms with Crippen LogP contribution in [0.1, 0.15) is 43.7 Å². The number of carbonyl (C=O) groups is 2. The number of hydrogen-bond donors (Lipinski definition) is 2. The number of rotatable bonds is 6. The van der Waals surface area contributed by atoms with Crippen LogP contribution < -0.4 is 10.6 Å². The maximum absolute atomic E-state index is 11.8. The van der Waals surface area contributed by atoms with E-state index in [1.807, 2.05) is 24.9 Å². The van der Waals surface area contributed by atoms with E-state index in [4.69, 9.17) is 4.99 Å². The van der Waals surface area contributed by atoms with Gasteiger partial charge in [0.2, 0.25) is 11.8 Å². The van der Waals surface area contributed by atoms with Crippen molar-refractivity contribution < 1.29 is 9.59 Å². The van der Waals surface area contributed by atoms with Crippen molar-refractivity contribution in [2.45, 2.75) is 51.7 Å². The highest BCUT2D eigenvalue weighted by Gasteiger charge is 2.23. The van der Waals surface area contributed by atoms with Crippen LogP contribution in [0, 0.1) is 0 Å². The molecule has 2 heterocycles. The average Bonchev–Trinajstić information content (AvgIpc) is 3.08. The van der Waals surface area contributed by atoms with Crippen molar-refractivity contribution in [2.75, 3.05) is 26.7 Å². The molecule has 0 aliphatic carbocycles. The molecule has 28 heavy (non-hydrogen) atoms. The lowest BCUT2D eigenvalue weighted by atomic mass is 10.1. The molecule has 0 saturated carbocycles. The van der Waals surface area contributed by atoms with Crippen molar-refractivity contribution >= 4 is 17.8 Å². The Bertz CT molecular complexity index is 733. The highest BCUT2D eigenvalue weighted by molar-refractivity contribution is 5.81. The van der Waals surface area contributed by atoms with Crippen molar-refractivity contribution in [3.05, 3.63) is 35.4 Å². The zero-order chi connectivity index (χ0) is 19.9. The van der Waals surface area contributed by atoms with E-state index in [1.165, 1.54) is 0 Å². The van der Waals surface area contributed by atoms with Gasteiger partial charge in [-0.05, 0) is 30.9 Å². The van der Waals surface area contributed by atoms with Crippen LogP contribution in [-0.4, -0.2) is 60.3 Å². The van der Waals surface area contributed by atoms with Gasteiger partial charge in [0.25, 0.3) is 0 Å². The molecule has 7 nitrogen and oxygen atoms in total. The van der Waals surface area contributed by atoms with Crippen LogP contribution in [-0.2, 0) is 22.7 Å². The Hall–Kier alpha value is -2.57. The van der Waals surface area contributed by atoms with Crippen molar-refractivity contribution in [3.63, 3.8) is 0 Å². The summed E-state index contributed by atoms with van der Waals surface area (Å²) in [7, 11) is 1.84. The van der Waals surface area contributed by atoms with E-state index in [9.17, 15) is 9.59 Å². The van der Waals surface area contributed by atoms with Crippen LogP contribution >= 0.6 is 0 Å². The van der Waals surface area contributed by atoms with Gasteiger partial charge in [-0.2, -0.15) is 0 Å². The Morgan fingerprint density at radius 3 is 2.75 bits per heavy atom. The van der Waals surface area contributed by atoms with Gasteiger partial charge in [0, 0.05) is 52.1 Å². The average molecular weight is 386 g/mol. The molecule has 0 spiro atoms. The summed E-state index contributed by atoms with van der Waals surface area (Å²) >= 11 is 0.